The van der Waals surface area contributed by atoms with Crippen LogP contribution in [0.15, 0.2) is 51.2 Å². The minimum Gasteiger partial charge on any atom is -0.507 e. The molecule has 4 heterocycles. The Bertz CT molecular complexity index is 1940. The summed E-state index contributed by atoms with van der Waals surface area (Å²) in [7, 11) is 1.45. The Kier molecular flexibility index (Phi) is 13.1. The maximum Gasteiger partial charge on any atom is 0.239 e. The van der Waals surface area contributed by atoms with Crippen molar-refractivity contribution in [3.63, 3.8) is 0 Å². The number of aliphatic hydroxyl groups is 9. The Hall–Kier alpha value is -3.93. The van der Waals surface area contributed by atoms with Crippen LogP contribution in [-0.4, -0.2) is 157 Å². The molecule has 314 valence electrons. The molecule has 1 aromatic heterocycles. The van der Waals surface area contributed by atoms with Crippen LogP contribution >= 0.6 is 0 Å². The van der Waals surface area contributed by atoms with Gasteiger partial charge in [-0.2, -0.15) is 0 Å². The number of rotatable bonds is 11. The number of fused-ring (bicyclic) bond motifs is 1. The van der Waals surface area contributed by atoms with Gasteiger partial charge in [-0.3, -0.25) is 4.79 Å². The molecule has 3 saturated heterocycles. The molecule has 3 aliphatic rings. The smallest absolute Gasteiger partial charge is 0.239 e. The Balaban J connectivity index is 1.50. The maximum atomic E-state index is 14.7. The molecular formula is C38H48O19. The van der Waals surface area contributed by atoms with Crippen molar-refractivity contribution in [3.8, 4) is 34.3 Å². The minimum atomic E-state index is -1.81. The van der Waals surface area contributed by atoms with Gasteiger partial charge < -0.3 is 88.6 Å². The average Bonchev–Trinajstić information content (AvgIpc) is 3.19. The third kappa shape index (κ3) is 8.48. The van der Waals surface area contributed by atoms with Crippen molar-refractivity contribution in [2.24, 2.45) is 0 Å². The van der Waals surface area contributed by atoms with E-state index in [1.54, 1.807) is 32.1 Å². The lowest BCUT2D eigenvalue weighted by Gasteiger charge is -2.44. The van der Waals surface area contributed by atoms with Crippen LogP contribution in [0.5, 0.6) is 23.0 Å². The van der Waals surface area contributed by atoms with Gasteiger partial charge in [0.25, 0.3) is 0 Å². The molecule has 14 unspecified atom stereocenters. The van der Waals surface area contributed by atoms with Gasteiger partial charge in [0.2, 0.25) is 23.8 Å². The van der Waals surface area contributed by atoms with E-state index in [1.165, 1.54) is 26.2 Å². The molecule has 0 saturated carbocycles. The highest BCUT2D eigenvalue weighted by Crippen LogP contribution is 2.42. The fourth-order valence-corrected chi connectivity index (χ4v) is 6.71. The molecule has 19 heteroatoms. The number of aromatic hydroxyl groups is 1. The molecule has 0 amide bonds. The van der Waals surface area contributed by atoms with Gasteiger partial charge in [0, 0.05) is 17.2 Å². The van der Waals surface area contributed by atoms with Crippen LogP contribution in [0.4, 0.5) is 0 Å². The second-order valence-corrected chi connectivity index (χ2v) is 14.4. The van der Waals surface area contributed by atoms with Crippen molar-refractivity contribution >= 4 is 11.0 Å². The lowest BCUT2D eigenvalue weighted by molar-refractivity contribution is -0.341. The predicted molar refractivity (Wildman–Crippen MR) is 193 cm³/mol. The van der Waals surface area contributed by atoms with E-state index in [0.717, 1.165) is 11.6 Å². The maximum absolute atomic E-state index is 14.7. The second kappa shape index (κ2) is 17.5. The summed E-state index contributed by atoms with van der Waals surface area (Å²) in [6.45, 7) is 3.84. The number of ether oxygens (including phenoxy) is 7. The number of benzene rings is 2. The fourth-order valence-electron chi connectivity index (χ4n) is 6.71. The summed E-state index contributed by atoms with van der Waals surface area (Å²) in [5.74, 6) is -1.21. The van der Waals surface area contributed by atoms with Crippen LogP contribution in [0.1, 0.15) is 26.3 Å². The molecule has 0 bridgehead atoms. The molecule has 0 aliphatic carbocycles. The van der Waals surface area contributed by atoms with E-state index < -0.39 is 122 Å². The van der Waals surface area contributed by atoms with Gasteiger partial charge in [0.1, 0.15) is 83.2 Å². The molecule has 10 N–H and O–H groups in total. The first-order chi connectivity index (χ1) is 27.1. The minimum absolute atomic E-state index is 0.0184. The van der Waals surface area contributed by atoms with E-state index >= 15 is 0 Å². The van der Waals surface area contributed by atoms with E-state index in [9.17, 15) is 55.9 Å². The first-order valence-electron chi connectivity index (χ1n) is 18.2. The average molecular weight is 809 g/mol. The van der Waals surface area contributed by atoms with Crippen LogP contribution in [0.25, 0.3) is 22.3 Å². The van der Waals surface area contributed by atoms with Crippen LogP contribution in [-0.2, 0) is 25.4 Å². The molecule has 3 aliphatic heterocycles. The summed E-state index contributed by atoms with van der Waals surface area (Å²) < 4.78 is 46.5. The van der Waals surface area contributed by atoms with E-state index in [1.807, 2.05) is 0 Å². The van der Waals surface area contributed by atoms with E-state index in [0.29, 0.717) is 5.75 Å². The standard InChI is InChI=1S/C38H48O19/c1-14(2)5-10-18-21(53-37-31(49)28(46)26(44)22(12-39)54-37)11-19(40)23-27(45)34(32(55-33(18)23)16-6-8-17(50-4)9-7-16)56-38-35(29(47)24(42)15(3)52-38)57-36-30(48)25(43)20(41)13-51-36/h5-9,11,15,20,22,24-26,28-31,35-44,46-49H,10,12-13H2,1-4H3. The zero-order chi connectivity index (χ0) is 41.5. The third-order valence-corrected chi connectivity index (χ3v) is 10.1. The number of hydrogen-bond acceptors (Lipinski definition) is 19. The zero-order valence-corrected chi connectivity index (χ0v) is 31.3. The highest BCUT2D eigenvalue weighted by molar-refractivity contribution is 5.91. The van der Waals surface area contributed by atoms with Gasteiger partial charge in [-0.15, -0.1) is 0 Å². The summed E-state index contributed by atoms with van der Waals surface area (Å²) in [4.78, 5) is 14.7. The van der Waals surface area contributed by atoms with Gasteiger partial charge in [-0.1, -0.05) is 11.6 Å². The lowest BCUT2D eigenvalue weighted by Crippen LogP contribution is -2.62. The van der Waals surface area contributed by atoms with Crippen molar-refractivity contribution in [1.29, 1.82) is 0 Å². The van der Waals surface area contributed by atoms with E-state index in [4.69, 9.17) is 37.6 Å². The van der Waals surface area contributed by atoms with Gasteiger partial charge in [-0.05, 0) is 51.5 Å². The van der Waals surface area contributed by atoms with Gasteiger partial charge >= 0.3 is 0 Å². The van der Waals surface area contributed by atoms with Crippen molar-refractivity contribution < 1.29 is 88.6 Å². The highest BCUT2D eigenvalue weighted by atomic mass is 16.8. The molecule has 19 nitrogen and oxygen atoms in total. The molecule has 2 aromatic carbocycles. The normalized spacial score (nSPS) is 34.5. The molecule has 57 heavy (non-hydrogen) atoms. The number of aliphatic hydroxyl groups excluding tert-OH is 9. The van der Waals surface area contributed by atoms with Crippen LogP contribution < -0.4 is 19.6 Å². The zero-order valence-electron chi connectivity index (χ0n) is 31.3. The number of phenolic OH excluding ortho intramolecular Hbond substituents is 1. The van der Waals surface area contributed by atoms with Gasteiger partial charge in [-0.25, -0.2) is 0 Å². The first-order valence-corrected chi connectivity index (χ1v) is 18.2. The lowest BCUT2D eigenvalue weighted by atomic mass is 9.98. The second-order valence-electron chi connectivity index (χ2n) is 14.4. The van der Waals surface area contributed by atoms with Gasteiger partial charge in [0.05, 0.1) is 26.4 Å². The summed E-state index contributed by atoms with van der Waals surface area (Å²) in [5.41, 5.74) is 0.0639. The molecule has 3 fully saturated rings. The topological polar surface area (TPSA) is 297 Å². The summed E-state index contributed by atoms with van der Waals surface area (Å²) >= 11 is 0. The largest absolute Gasteiger partial charge is 0.507 e. The molecule has 14 atom stereocenters. The summed E-state index contributed by atoms with van der Waals surface area (Å²) in [6.07, 6.45) is -21.0. The third-order valence-electron chi connectivity index (χ3n) is 10.1. The van der Waals surface area contributed by atoms with Crippen molar-refractivity contribution in [2.75, 3.05) is 20.3 Å². The Labute approximate surface area is 325 Å². The highest BCUT2D eigenvalue weighted by Gasteiger charge is 2.50. The fraction of sp³-hybridized carbons (Fsp3) is 0.553. The molecule has 0 radical (unpaired) electrons. The monoisotopic (exact) mass is 808 g/mol. The summed E-state index contributed by atoms with van der Waals surface area (Å²) in [5, 5.41) is 105. The molecule has 6 rings (SSSR count). The number of phenols is 1. The van der Waals surface area contributed by atoms with E-state index in [2.05, 4.69) is 0 Å². The summed E-state index contributed by atoms with van der Waals surface area (Å²) in [6, 6.07) is 7.26. The molecular weight excluding hydrogens is 760 g/mol. The van der Waals surface area contributed by atoms with Crippen molar-refractivity contribution in [1.82, 2.24) is 0 Å². The van der Waals surface area contributed by atoms with Crippen LogP contribution in [0.3, 0.4) is 0 Å². The quantitative estimate of drug-likeness (QED) is 0.0990. The van der Waals surface area contributed by atoms with Crippen LogP contribution in [0, 0.1) is 0 Å². The van der Waals surface area contributed by atoms with Crippen molar-refractivity contribution in [3.05, 3.63) is 57.8 Å². The van der Waals surface area contributed by atoms with Crippen LogP contribution in [0.2, 0.25) is 0 Å². The Morgan fingerprint density at radius 2 is 1.53 bits per heavy atom. The SMILES string of the molecule is COc1ccc(-c2oc3c(CC=C(C)C)c(OC4OC(CO)C(O)C(O)C4O)cc(O)c3c(=O)c2OC2OC(C)C(O)C(O)C2OC2OCC(O)C(O)C2O)cc1. The predicted octanol–water partition coefficient (Wildman–Crippen LogP) is -1.47. The number of allylic oxidation sites excluding steroid dienone is 2. The Morgan fingerprint density at radius 1 is 0.842 bits per heavy atom. The van der Waals surface area contributed by atoms with E-state index in [-0.39, 0.29) is 34.6 Å². The Morgan fingerprint density at radius 3 is 2.18 bits per heavy atom. The molecule has 0 spiro atoms. The number of methoxy groups -OCH3 is 1. The molecule has 3 aromatic rings. The first kappa shape index (κ1) is 42.7. The van der Waals surface area contributed by atoms with Crippen molar-refractivity contribution in [2.45, 2.75) is 113 Å². The van der Waals surface area contributed by atoms with Gasteiger partial charge in [0.15, 0.2) is 18.2 Å². The number of hydrogen-bond donors (Lipinski definition) is 10.